The van der Waals surface area contributed by atoms with Crippen molar-refractivity contribution in [3.05, 3.63) is 11.3 Å². The highest BCUT2D eigenvalue weighted by atomic mass is 32.2. The summed E-state index contributed by atoms with van der Waals surface area (Å²) in [6, 6.07) is -0.261. The van der Waals surface area contributed by atoms with Gasteiger partial charge in [0, 0.05) is 17.0 Å². The molecule has 6 heteroatoms. The topological polar surface area (TPSA) is 67.2 Å². The molecule has 0 unspecified atom stereocenters. The van der Waals surface area contributed by atoms with E-state index in [4.69, 9.17) is 4.52 Å². The molecule has 1 aliphatic heterocycles. The van der Waals surface area contributed by atoms with Gasteiger partial charge in [0.2, 0.25) is 5.88 Å². The Kier molecular flexibility index (Phi) is 2.84. The molecule has 2 N–H and O–H groups in total. The minimum atomic E-state index is -0.262. The fraction of sp³-hybridized carbons (Fsp3) is 0.600. The largest absolute Gasteiger partial charge is 0.338 e. The molecule has 0 spiro atoms. The summed E-state index contributed by atoms with van der Waals surface area (Å²) < 4.78 is 5.09. The number of anilines is 1. The van der Waals surface area contributed by atoms with Crippen LogP contribution in [0.1, 0.15) is 32.0 Å². The maximum Gasteiger partial charge on any atom is 0.322 e. The van der Waals surface area contributed by atoms with Crippen molar-refractivity contribution in [2.24, 2.45) is 0 Å². The van der Waals surface area contributed by atoms with Gasteiger partial charge < -0.3 is 9.84 Å². The molecule has 0 atom stereocenters. The lowest BCUT2D eigenvalue weighted by molar-refractivity contribution is 0.243. The van der Waals surface area contributed by atoms with Gasteiger partial charge in [-0.2, -0.15) is 11.8 Å². The van der Waals surface area contributed by atoms with Gasteiger partial charge in [-0.15, -0.1) is 0 Å². The van der Waals surface area contributed by atoms with Crippen molar-refractivity contribution >= 4 is 23.7 Å². The molecule has 5 nitrogen and oxygen atoms in total. The van der Waals surface area contributed by atoms with Crippen LogP contribution in [0.2, 0.25) is 0 Å². The lowest BCUT2D eigenvalue weighted by Gasteiger charge is -2.20. The Morgan fingerprint density at radius 3 is 2.88 bits per heavy atom. The maximum absolute atomic E-state index is 11.6. The summed E-state index contributed by atoms with van der Waals surface area (Å²) in [6.07, 6.45) is 0. The van der Waals surface area contributed by atoms with Crippen molar-refractivity contribution in [2.45, 2.75) is 37.8 Å². The summed E-state index contributed by atoms with van der Waals surface area (Å²) >= 11 is 1.77. The number of carbonyl (C=O) groups is 1. The molecule has 0 bridgehead atoms. The molecule has 0 aliphatic carbocycles. The zero-order valence-electron chi connectivity index (χ0n) is 9.59. The minimum absolute atomic E-state index is 0.261. The van der Waals surface area contributed by atoms with Crippen molar-refractivity contribution in [2.75, 3.05) is 5.32 Å². The molecule has 1 aromatic heterocycles. The number of nitrogens with one attached hydrogen (secondary N) is 2. The number of hydrogen-bond acceptors (Lipinski definition) is 4. The molecule has 0 radical (unpaired) electrons. The summed E-state index contributed by atoms with van der Waals surface area (Å²) in [7, 11) is 0. The van der Waals surface area contributed by atoms with Gasteiger partial charge in [-0.25, -0.2) is 4.79 Å². The highest BCUT2D eigenvalue weighted by Crippen LogP contribution is 2.34. The standard InChI is InChI=1S/C10H15N3O2S/c1-10(2,3)12-9(14)11-8-6-4-16-5-7(6)13-15-8/h4-5H2,1-3H3,(H2,11,12,14). The molecule has 0 aromatic carbocycles. The second-order valence-electron chi connectivity index (χ2n) is 4.76. The SMILES string of the molecule is CC(C)(C)NC(=O)Nc1onc2c1CSC2. The van der Waals surface area contributed by atoms with Crippen LogP contribution in [0.3, 0.4) is 0 Å². The Hall–Kier alpha value is -1.17. The first-order valence-corrected chi connectivity index (χ1v) is 6.25. The molecular formula is C10H15N3O2S. The number of aromatic nitrogens is 1. The molecule has 88 valence electrons. The van der Waals surface area contributed by atoms with Gasteiger partial charge in [0.15, 0.2) is 0 Å². The fourth-order valence-electron chi connectivity index (χ4n) is 1.43. The molecule has 0 saturated heterocycles. The molecule has 16 heavy (non-hydrogen) atoms. The van der Waals surface area contributed by atoms with E-state index < -0.39 is 0 Å². The maximum atomic E-state index is 11.6. The van der Waals surface area contributed by atoms with Gasteiger partial charge in [0.25, 0.3) is 0 Å². The van der Waals surface area contributed by atoms with E-state index in [9.17, 15) is 4.79 Å². The summed E-state index contributed by atoms with van der Waals surface area (Å²) in [5.74, 6) is 2.19. The Morgan fingerprint density at radius 2 is 2.19 bits per heavy atom. The van der Waals surface area contributed by atoms with Crippen LogP contribution in [0.5, 0.6) is 0 Å². The lowest BCUT2D eigenvalue weighted by Crippen LogP contribution is -2.43. The average Bonchev–Trinajstić information content (AvgIpc) is 2.66. The van der Waals surface area contributed by atoms with E-state index in [1.165, 1.54) is 0 Å². The van der Waals surface area contributed by atoms with Crippen LogP contribution in [0.25, 0.3) is 0 Å². The lowest BCUT2D eigenvalue weighted by atomic mass is 10.1. The summed E-state index contributed by atoms with van der Waals surface area (Å²) in [4.78, 5) is 11.6. The van der Waals surface area contributed by atoms with Crippen LogP contribution in [0.4, 0.5) is 10.7 Å². The number of thioether (sulfide) groups is 1. The monoisotopic (exact) mass is 241 g/mol. The van der Waals surface area contributed by atoms with Gasteiger partial charge in [-0.05, 0) is 20.8 Å². The van der Waals surface area contributed by atoms with E-state index in [-0.39, 0.29) is 11.6 Å². The van der Waals surface area contributed by atoms with Crippen LogP contribution in [-0.2, 0) is 11.5 Å². The number of fused-ring (bicyclic) bond motifs is 1. The Labute approximate surface area is 98.3 Å². The zero-order chi connectivity index (χ0) is 11.8. The van der Waals surface area contributed by atoms with Crippen LogP contribution in [0, 0.1) is 0 Å². The molecule has 2 rings (SSSR count). The van der Waals surface area contributed by atoms with E-state index in [0.717, 1.165) is 22.8 Å². The number of rotatable bonds is 1. The second kappa shape index (κ2) is 4.01. The van der Waals surface area contributed by atoms with Gasteiger partial charge in [0.1, 0.15) is 0 Å². The van der Waals surface area contributed by atoms with Crippen molar-refractivity contribution in [3.8, 4) is 0 Å². The minimum Gasteiger partial charge on any atom is -0.338 e. The smallest absolute Gasteiger partial charge is 0.322 e. The summed E-state index contributed by atoms with van der Waals surface area (Å²) in [5, 5.41) is 9.40. The third-order valence-electron chi connectivity index (χ3n) is 2.07. The molecule has 2 amide bonds. The van der Waals surface area contributed by atoms with Crippen molar-refractivity contribution < 1.29 is 9.32 Å². The van der Waals surface area contributed by atoms with E-state index in [1.54, 1.807) is 11.8 Å². The van der Waals surface area contributed by atoms with Gasteiger partial charge >= 0.3 is 6.03 Å². The number of amides is 2. The third kappa shape index (κ3) is 2.49. The molecule has 2 heterocycles. The van der Waals surface area contributed by atoms with Crippen LogP contribution in [0.15, 0.2) is 4.52 Å². The Balaban J connectivity index is 2.02. The molecule has 1 aromatic rings. The van der Waals surface area contributed by atoms with E-state index in [0.29, 0.717) is 5.88 Å². The van der Waals surface area contributed by atoms with Crippen LogP contribution < -0.4 is 10.6 Å². The molecule has 0 fully saturated rings. The first kappa shape index (κ1) is 11.3. The predicted octanol–water partition coefficient (Wildman–Crippen LogP) is 2.34. The number of carbonyl (C=O) groups excluding carboxylic acids is 1. The summed E-state index contributed by atoms with van der Waals surface area (Å²) in [6.45, 7) is 5.77. The Bertz CT molecular complexity index is 409. The molecule has 1 aliphatic rings. The highest BCUT2D eigenvalue weighted by Gasteiger charge is 2.23. The van der Waals surface area contributed by atoms with Gasteiger partial charge in [-0.3, -0.25) is 5.32 Å². The summed E-state index contributed by atoms with van der Waals surface area (Å²) in [5.41, 5.74) is 1.69. The van der Waals surface area contributed by atoms with Crippen molar-refractivity contribution in [3.63, 3.8) is 0 Å². The van der Waals surface area contributed by atoms with E-state index in [1.807, 2.05) is 20.8 Å². The normalized spacial score (nSPS) is 14.7. The second-order valence-corrected chi connectivity index (χ2v) is 5.74. The molecular weight excluding hydrogens is 226 g/mol. The quantitative estimate of drug-likeness (QED) is 0.792. The fourth-order valence-corrected chi connectivity index (χ4v) is 2.45. The van der Waals surface area contributed by atoms with Crippen molar-refractivity contribution in [1.82, 2.24) is 10.5 Å². The van der Waals surface area contributed by atoms with Crippen molar-refractivity contribution in [1.29, 1.82) is 0 Å². The van der Waals surface area contributed by atoms with Gasteiger partial charge in [-0.1, -0.05) is 5.16 Å². The Morgan fingerprint density at radius 1 is 1.44 bits per heavy atom. The first-order valence-electron chi connectivity index (χ1n) is 5.10. The number of nitrogens with zero attached hydrogens (tertiary/aromatic N) is 1. The zero-order valence-corrected chi connectivity index (χ0v) is 10.4. The van der Waals surface area contributed by atoms with Gasteiger partial charge in [0.05, 0.1) is 11.3 Å². The number of urea groups is 1. The van der Waals surface area contributed by atoms with E-state index in [2.05, 4.69) is 15.8 Å². The highest BCUT2D eigenvalue weighted by molar-refractivity contribution is 7.98. The molecule has 0 saturated carbocycles. The van der Waals surface area contributed by atoms with Crippen LogP contribution in [-0.4, -0.2) is 16.7 Å². The predicted molar refractivity (Wildman–Crippen MR) is 63.4 cm³/mol. The average molecular weight is 241 g/mol. The van der Waals surface area contributed by atoms with Crippen LogP contribution >= 0.6 is 11.8 Å². The van der Waals surface area contributed by atoms with E-state index >= 15 is 0 Å². The number of hydrogen-bond donors (Lipinski definition) is 2. The third-order valence-corrected chi connectivity index (χ3v) is 3.04. The first-order chi connectivity index (χ1) is 7.46.